The van der Waals surface area contributed by atoms with Gasteiger partial charge in [0.15, 0.2) is 5.69 Å². The molecular formula is C15H11F3N4O. The number of amides is 1. The summed E-state index contributed by atoms with van der Waals surface area (Å²) in [6.07, 6.45) is -3.80. The number of benzene rings is 1. The number of carbonyl (C=O) groups is 1. The lowest BCUT2D eigenvalue weighted by Gasteiger charge is -2.30. The Morgan fingerprint density at radius 3 is 2.35 bits per heavy atom. The minimum absolute atomic E-state index is 0.137. The zero-order chi connectivity index (χ0) is 16.6. The second-order valence-electron chi connectivity index (χ2n) is 5.13. The standard InChI is InChI=1S/C15H11F3N4O/c16-15(17,18)13-8-12(14(23)21-6-1-7-21)22(20-13)11-4-2-10(9-19)3-5-11/h2-5,8H,1,6-7H2. The van der Waals surface area contributed by atoms with Gasteiger partial charge in [-0.25, -0.2) is 4.68 Å². The number of hydrogen-bond donors (Lipinski definition) is 0. The van der Waals surface area contributed by atoms with Gasteiger partial charge in [0.25, 0.3) is 5.91 Å². The number of hydrogen-bond acceptors (Lipinski definition) is 3. The lowest BCUT2D eigenvalue weighted by atomic mass is 10.2. The molecule has 1 aromatic heterocycles. The van der Waals surface area contributed by atoms with Gasteiger partial charge in [-0.05, 0) is 30.7 Å². The third-order valence-electron chi connectivity index (χ3n) is 3.60. The second kappa shape index (κ2) is 5.43. The molecule has 0 aliphatic carbocycles. The van der Waals surface area contributed by atoms with E-state index >= 15 is 0 Å². The van der Waals surface area contributed by atoms with Gasteiger partial charge in [0, 0.05) is 19.2 Å². The van der Waals surface area contributed by atoms with Gasteiger partial charge in [0.1, 0.15) is 5.69 Å². The Balaban J connectivity index is 2.07. The fourth-order valence-electron chi connectivity index (χ4n) is 2.23. The number of aromatic nitrogens is 2. The Kier molecular flexibility index (Phi) is 3.56. The minimum Gasteiger partial charge on any atom is -0.337 e. The van der Waals surface area contributed by atoms with Crippen molar-refractivity contribution in [2.45, 2.75) is 12.6 Å². The average Bonchev–Trinajstić information content (AvgIpc) is 2.90. The third kappa shape index (κ3) is 2.77. The van der Waals surface area contributed by atoms with Crippen LogP contribution < -0.4 is 0 Å². The zero-order valence-corrected chi connectivity index (χ0v) is 11.8. The van der Waals surface area contributed by atoms with E-state index < -0.39 is 17.8 Å². The SMILES string of the molecule is N#Cc1ccc(-n2nc(C(F)(F)F)cc2C(=O)N2CCC2)cc1. The quantitative estimate of drug-likeness (QED) is 0.854. The summed E-state index contributed by atoms with van der Waals surface area (Å²) in [5, 5.41) is 12.3. The van der Waals surface area contributed by atoms with Crippen LogP contribution in [0, 0.1) is 11.3 Å². The first-order chi connectivity index (χ1) is 10.9. The summed E-state index contributed by atoms with van der Waals surface area (Å²) in [7, 11) is 0. The van der Waals surface area contributed by atoms with E-state index in [1.54, 1.807) is 0 Å². The molecule has 1 amide bonds. The molecule has 0 radical (unpaired) electrons. The van der Waals surface area contributed by atoms with Crippen LogP contribution >= 0.6 is 0 Å². The molecule has 0 unspecified atom stereocenters. The van der Waals surface area contributed by atoms with Gasteiger partial charge in [-0.1, -0.05) is 0 Å². The van der Waals surface area contributed by atoms with Crippen molar-refractivity contribution in [1.29, 1.82) is 5.26 Å². The Morgan fingerprint density at radius 1 is 1.22 bits per heavy atom. The van der Waals surface area contributed by atoms with E-state index in [4.69, 9.17) is 5.26 Å². The van der Waals surface area contributed by atoms with Crippen LogP contribution in [0.25, 0.3) is 5.69 Å². The molecule has 118 valence electrons. The molecule has 0 saturated carbocycles. The maximum Gasteiger partial charge on any atom is 0.435 e. The first-order valence-corrected chi connectivity index (χ1v) is 6.87. The number of alkyl halides is 3. The fraction of sp³-hybridized carbons (Fsp3) is 0.267. The summed E-state index contributed by atoms with van der Waals surface area (Å²) < 4.78 is 39.8. The molecule has 3 rings (SSSR count). The lowest BCUT2D eigenvalue weighted by Crippen LogP contribution is -2.42. The zero-order valence-electron chi connectivity index (χ0n) is 11.8. The maximum absolute atomic E-state index is 12.9. The van der Waals surface area contributed by atoms with Gasteiger partial charge in [0.05, 0.1) is 17.3 Å². The molecule has 2 aromatic rings. The normalized spacial score (nSPS) is 14.3. The highest BCUT2D eigenvalue weighted by atomic mass is 19.4. The van der Waals surface area contributed by atoms with Crippen LogP contribution in [0.5, 0.6) is 0 Å². The molecule has 5 nitrogen and oxygen atoms in total. The lowest BCUT2D eigenvalue weighted by molar-refractivity contribution is -0.141. The van der Waals surface area contributed by atoms with Crippen LogP contribution in [-0.4, -0.2) is 33.7 Å². The first kappa shape index (κ1) is 15.1. The summed E-state index contributed by atoms with van der Waals surface area (Å²) in [5.41, 5.74) is -0.594. The number of likely N-dealkylation sites (tertiary alicyclic amines) is 1. The van der Waals surface area contributed by atoms with Gasteiger partial charge in [-0.2, -0.15) is 23.5 Å². The van der Waals surface area contributed by atoms with Crippen molar-refractivity contribution < 1.29 is 18.0 Å². The molecule has 1 fully saturated rings. The van der Waals surface area contributed by atoms with Crippen molar-refractivity contribution in [3.63, 3.8) is 0 Å². The van der Waals surface area contributed by atoms with E-state index in [0.29, 0.717) is 24.3 Å². The molecule has 1 aliphatic rings. The summed E-state index contributed by atoms with van der Waals surface area (Å²) in [5.74, 6) is -0.483. The monoisotopic (exact) mass is 320 g/mol. The number of nitriles is 1. The van der Waals surface area contributed by atoms with Gasteiger partial charge >= 0.3 is 6.18 Å². The van der Waals surface area contributed by atoms with Crippen LogP contribution in [-0.2, 0) is 6.18 Å². The highest BCUT2D eigenvalue weighted by Gasteiger charge is 2.37. The van der Waals surface area contributed by atoms with E-state index in [1.165, 1.54) is 29.2 Å². The number of nitrogens with zero attached hydrogens (tertiary/aromatic N) is 4. The van der Waals surface area contributed by atoms with E-state index in [9.17, 15) is 18.0 Å². The van der Waals surface area contributed by atoms with Crippen molar-refractivity contribution in [3.05, 3.63) is 47.3 Å². The van der Waals surface area contributed by atoms with Crippen molar-refractivity contribution >= 4 is 5.91 Å². The molecule has 0 atom stereocenters. The Morgan fingerprint density at radius 2 is 1.87 bits per heavy atom. The van der Waals surface area contributed by atoms with Crippen molar-refractivity contribution in [1.82, 2.24) is 14.7 Å². The minimum atomic E-state index is -4.64. The van der Waals surface area contributed by atoms with Crippen LogP contribution in [0.3, 0.4) is 0 Å². The van der Waals surface area contributed by atoms with E-state index in [2.05, 4.69) is 5.10 Å². The van der Waals surface area contributed by atoms with Crippen molar-refractivity contribution in [2.24, 2.45) is 0 Å². The molecule has 8 heteroatoms. The van der Waals surface area contributed by atoms with Gasteiger partial charge < -0.3 is 4.90 Å². The molecule has 1 aliphatic heterocycles. The molecule has 1 saturated heterocycles. The topological polar surface area (TPSA) is 61.9 Å². The van der Waals surface area contributed by atoms with Crippen molar-refractivity contribution in [2.75, 3.05) is 13.1 Å². The van der Waals surface area contributed by atoms with E-state index in [-0.39, 0.29) is 5.69 Å². The predicted octanol–water partition coefficient (Wildman–Crippen LogP) is 2.61. The highest BCUT2D eigenvalue weighted by Crippen LogP contribution is 2.30. The molecule has 0 spiro atoms. The third-order valence-corrected chi connectivity index (χ3v) is 3.60. The first-order valence-electron chi connectivity index (χ1n) is 6.87. The Hall–Kier alpha value is -2.82. The number of rotatable bonds is 2. The van der Waals surface area contributed by atoms with Gasteiger partial charge in [0.2, 0.25) is 0 Å². The summed E-state index contributed by atoms with van der Waals surface area (Å²) in [6, 6.07) is 8.52. The molecule has 23 heavy (non-hydrogen) atoms. The number of halogens is 3. The van der Waals surface area contributed by atoms with Gasteiger partial charge in [-0.3, -0.25) is 4.79 Å². The smallest absolute Gasteiger partial charge is 0.337 e. The second-order valence-corrected chi connectivity index (χ2v) is 5.13. The van der Waals surface area contributed by atoms with Crippen LogP contribution in [0.2, 0.25) is 0 Å². The van der Waals surface area contributed by atoms with E-state index in [1.807, 2.05) is 6.07 Å². The predicted molar refractivity (Wildman–Crippen MR) is 73.8 cm³/mol. The van der Waals surface area contributed by atoms with Crippen molar-refractivity contribution in [3.8, 4) is 11.8 Å². The largest absolute Gasteiger partial charge is 0.435 e. The molecule has 1 aromatic carbocycles. The Bertz CT molecular complexity index is 783. The Labute approximate surface area is 129 Å². The van der Waals surface area contributed by atoms with E-state index in [0.717, 1.165) is 17.2 Å². The average molecular weight is 320 g/mol. The molecule has 2 heterocycles. The molecule has 0 N–H and O–H groups in total. The summed E-state index contributed by atoms with van der Waals surface area (Å²) in [4.78, 5) is 13.8. The maximum atomic E-state index is 12.9. The number of carbonyl (C=O) groups excluding carboxylic acids is 1. The summed E-state index contributed by atoms with van der Waals surface area (Å²) in [6.45, 7) is 1.05. The fourth-order valence-corrected chi connectivity index (χ4v) is 2.23. The summed E-state index contributed by atoms with van der Waals surface area (Å²) >= 11 is 0. The highest BCUT2D eigenvalue weighted by molar-refractivity contribution is 5.93. The molecule has 0 bridgehead atoms. The molecular weight excluding hydrogens is 309 g/mol. The van der Waals surface area contributed by atoms with Crippen LogP contribution in [0.15, 0.2) is 30.3 Å². The van der Waals surface area contributed by atoms with Crippen LogP contribution in [0.4, 0.5) is 13.2 Å². The van der Waals surface area contributed by atoms with Crippen LogP contribution in [0.1, 0.15) is 28.2 Å². The van der Waals surface area contributed by atoms with Gasteiger partial charge in [-0.15, -0.1) is 0 Å².